The molecule has 502 valence electrons. The van der Waals surface area contributed by atoms with Crippen LogP contribution in [0.25, 0.3) is 83.2 Å². The fraction of sp³-hybridized carbons (Fsp3) is 0.241. The van der Waals surface area contributed by atoms with Gasteiger partial charge >= 0.3 is 6.18 Å². The molecule has 0 amide bonds. The monoisotopic (exact) mass is 1350 g/mol. The molecule has 20 heteroatoms. The summed E-state index contributed by atoms with van der Waals surface area (Å²) in [6, 6.07) is 58.1. The third kappa shape index (κ3) is 15.6. The molecule has 7 aromatic carbocycles. The van der Waals surface area contributed by atoms with Gasteiger partial charge in [-0.05, 0) is 233 Å². The van der Waals surface area contributed by atoms with E-state index in [2.05, 4.69) is 51.5 Å². The van der Waals surface area contributed by atoms with Crippen molar-refractivity contribution in [2.24, 2.45) is 0 Å². The highest BCUT2D eigenvalue weighted by Crippen LogP contribution is 2.32. The lowest BCUT2D eigenvalue weighted by molar-refractivity contribution is -0.137. The molecular weight excluding hydrogens is 1270 g/mol. The Kier molecular flexibility index (Phi) is 19.8. The smallest absolute Gasteiger partial charge is 0.416 e. The number of fused-ring (bicyclic) bond motifs is 3. The normalized spacial score (nSPS) is 14.4. The highest BCUT2D eigenvalue weighted by molar-refractivity contribution is 6.30. The fourth-order valence-corrected chi connectivity index (χ4v) is 13.6. The molecule has 16 rings (SSSR count). The summed E-state index contributed by atoms with van der Waals surface area (Å²) in [5.74, 6) is 1.51. The van der Waals surface area contributed by atoms with Crippen molar-refractivity contribution in [1.29, 1.82) is 0 Å². The maximum atomic E-state index is 13.1. The van der Waals surface area contributed by atoms with Crippen molar-refractivity contribution >= 4 is 44.3 Å². The van der Waals surface area contributed by atoms with Crippen LogP contribution in [0.4, 0.5) is 13.2 Å². The molecular formula is C79H74ClF3N12O4. The van der Waals surface area contributed by atoms with Gasteiger partial charge in [0.25, 0.3) is 16.7 Å². The van der Waals surface area contributed by atoms with Crippen molar-refractivity contribution in [1.82, 2.24) is 57.7 Å². The first-order valence-corrected chi connectivity index (χ1v) is 34.2. The number of benzene rings is 7. The zero-order valence-electron chi connectivity index (χ0n) is 54.7. The molecule has 13 aromatic rings. The van der Waals surface area contributed by atoms with Crippen molar-refractivity contribution in [3.63, 3.8) is 0 Å². The van der Waals surface area contributed by atoms with Crippen LogP contribution in [0.1, 0.15) is 44.1 Å². The van der Waals surface area contributed by atoms with E-state index >= 15 is 0 Å². The predicted octanol–water partition coefficient (Wildman–Crippen LogP) is 15.3. The molecule has 0 aliphatic carbocycles. The number of halogens is 4. The summed E-state index contributed by atoms with van der Waals surface area (Å²) in [7, 11) is 0. The van der Waals surface area contributed by atoms with E-state index in [9.17, 15) is 27.6 Å². The molecule has 0 spiro atoms. The standard InChI is InChI=1S/C30H28N4O2.C25H23F3N4O.C24H23ClN4O/c35-30-21-24(23-7-6-10-28(20-23)36-27-8-2-1-3-9-27)13-16-33(30)26-11-12-29-25(19-26)22-31-34(29)18-17-32-14-4-5-15-32;26-25(27,28)21-5-3-18(4-6-21)19-9-12-31(24(33)16-19)22-7-8-23-20(15-22)17-29-32(23)14-13-30-10-1-2-11-30;25-21-5-3-4-18(14-21)19-8-11-28(24(30)16-19)22-6-7-23-20(15-22)17-26-29(23)13-12-27-9-1-2-10-27/h1-3,6-13,16,19-22H,4-5,14-15,17-18H2;3-9,12,15-17H,1-2,10-11,13-14H2;3-8,11,14-17H,1-2,9-10,12-13H2. The van der Waals surface area contributed by atoms with Crippen LogP contribution in [0, 0.1) is 0 Å². The minimum absolute atomic E-state index is 0.0757. The third-order valence-electron chi connectivity index (χ3n) is 18.8. The van der Waals surface area contributed by atoms with Gasteiger partial charge in [-0.15, -0.1) is 0 Å². The van der Waals surface area contributed by atoms with Crippen LogP contribution in [0.15, 0.2) is 246 Å². The first kappa shape index (κ1) is 65.8. The van der Waals surface area contributed by atoms with Gasteiger partial charge in [-0.2, -0.15) is 28.5 Å². The largest absolute Gasteiger partial charge is 0.457 e. The molecule has 0 N–H and O–H groups in total. The van der Waals surface area contributed by atoms with Crippen LogP contribution < -0.4 is 21.4 Å². The van der Waals surface area contributed by atoms with E-state index in [0.29, 0.717) is 21.8 Å². The van der Waals surface area contributed by atoms with Gasteiger partial charge in [-0.1, -0.05) is 66.2 Å². The molecule has 0 saturated carbocycles. The summed E-state index contributed by atoms with van der Waals surface area (Å²) in [6.07, 6.45) is 14.2. The van der Waals surface area contributed by atoms with E-state index < -0.39 is 11.7 Å². The summed E-state index contributed by atoms with van der Waals surface area (Å²) in [5, 5.41) is 17.4. The summed E-state index contributed by atoms with van der Waals surface area (Å²) >= 11 is 6.08. The second kappa shape index (κ2) is 29.7. The number of hydrogen-bond acceptors (Lipinski definition) is 10. The van der Waals surface area contributed by atoms with Gasteiger partial charge in [-0.25, -0.2) is 0 Å². The third-order valence-corrected chi connectivity index (χ3v) is 19.0. The lowest BCUT2D eigenvalue weighted by atomic mass is 10.0. The van der Waals surface area contributed by atoms with Gasteiger partial charge in [0.1, 0.15) is 11.5 Å². The summed E-state index contributed by atoms with van der Waals surface area (Å²) < 4.78 is 55.3. The topological polar surface area (TPSA) is 138 Å². The van der Waals surface area contributed by atoms with E-state index in [0.717, 1.165) is 142 Å². The predicted molar refractivity (Wildman–Crippen MR) is 386 cm³/mol. The molecule has 99 heavy (non-hydrogen) atoms. The van der Waals surface area contributed by atoms with Crippen LogP contribution >= 0.6 is 11.6 Å². The van der Waals surface area contributed by atoms with Gasteiger partial charge in [0.15, 0.2) is 0 Å². The van der Waals surface area contributed by atoms with Crippen LogP contribution in [0.3, 0.4) is 0 Å². The van der Waals surface area contributed by atoms with E-state index in [1.165, 1.54) is 87.5 Å². The summed E-state index contributed by atoms with van der Waals surface area (Å²) in [6.45, 7) is 12.7. The lowest BCUT2D eigenvalue weighted by Gasteiger charge is -2.14. The van der Waals surface area contributed by atoms with Gasteiger partial charge < -0.3 is 19.4 Å². The number of rotatable bonds is 17. The fourth-order valence-electron chi connectivity index (χ4n) is 13.4. The molecule has 0 unspecified atom stereocenters. The number of likely N-dealkylation sites (tertiary alicyclic amines) is 3. The molecule has 16 nitrogen and oxygen atoms in total. The van der Waals surface area contributed by atoms with Crippen LogP contribution in [-0.4, -0.2) is 117 Å². The number of ether oxygens (including phenoxy) is 1. The quantitative estimate of drug-likeness (QED) is 0.0866. The van der Waals surface area contributed by atoms with Crippen LogP contribution in [0.5, 0.6) is 11.5 Å². The highest BCUT2D eigenvalue weighted by atomic mass is 35.5. The molecule has 0 radical (unpaired) electrons. The van der Waals surface area contributed by atoms with Crippen molar-refractivity contribution < 1.29 is 17.9 Å². The van der Waals surface area contributed by atoms with Gasteiger partial charge in [0.2, 0.25) is 0 Å². The summed E-state index contributed by atoms with van der Waals surface area (Å²) in [4.78, 5) is 46.1. The van der Waals surface area contributed by atoms with Crippen LogP contribution in [-0.2, 0) is 25.8 Å². The Morgan fingerprint density at radius 3 is 1.13 bits per heavy atom. The highest BCUT2D eigenvalue weighted by Gasteiger charge is 2.30. The number of alkyl halides is 3. The molecule has 0 atom stereocenters. The minimum Gasteiger partial charge on any atom is -0.457 e. The van der Waals surface area contributed by atoms with Gasteiger partial charge in [0.05, 0.1) is 60.3 Å². The molecule has 3 aliphatic rings. The van der Waals surface area contributed by atoms with Crippen molar-refractivity contribution in [2.75, 3.05) is 58.9 Å². The Bertz CT molecular complexity index is 5160. The first-order valence-electron chi connectivity index (χ1n) is 33.8. The average molecular weight is 1350 g/mol. The maximum Gasteiger partial charge on any atom is 0.416 e. The minimum atomic E-state index is -4.39. The van der Waals surface area contributed by atoms with Crippen molar-refractivity contribution in [2.45, 2.75) is 64.3 Å². The molecule has 0 bridgehead atoms. The first-order chi connectivity index (χ1) is 48.3. The van der Waals surface area contributed by atoms with Crippen LogP contribution in [0.2, 0.25) is 5.02 Å². The zero-order chi connectivity index (χ0) is 67.8. The SMILES string of the molecule is O=c1cc(-c2ccc(C(F)(F)F)cc2)ccn1-c1ccc2c(cnn2CCN2CCCC2)c1.O=c1cc(-c2cccc(Cl)c2)ccn1-c1ccc2c(cnn2CCN2CCCC2)c1.O=c1cc(-c2cccc(Oc3ccccc3)c2)ccn1-c1ccc2c(cnn2CCN2CCCC2)c1. The Hall–Kier alpha value is -10.4. The van der Waals surface area contributed by atoms with Gasteiger partial charge in [0, 0.05) is 94.7 Å². The molecule has 6 aromatic heterocycles. The lowest BCUT2D eigenvalue weighted by Crippen LogP contribution is -2.24. The average Bonchev–Trinajstić information content (AvgIpc) is 1.77. The number of aromatic nitrogens is 9. The summed E-state index contributed by atoms with van der Waals surface area (Å²) in [5.41, 5.74) is 9.17. The van der Waals surface area contributed by atoms with E-state index in [-0.39, 0.29) is 16.7 Å². The second-order valence-electron chi connectivity index (χ2n) is 25.4. The van der Waals surface area contributed by atoms with Gasteiger partial charge in [-0.3, -0.25) is 42.1 Å². The molecule has 3 aliphatic heterocycles. The number of nitrogens with zero attached hydrogens (tertiary/aromatic N) is 12. The Balaban J connectivity index is 0.000000127. The Morgan fingerprint density at radius 2 is 0.737 bits per heavy atom. The number of para-hydroxylation sites is 1. The Labute approximate surface area is 575 Å². The van der Waals surface area contributed by atoms with E-state index in [1.807, 2.05) is 169 Å². The van der Waals surface area contributed by atoms with Crippen molar-refractivity contribution in [3.8, 4) is 61.9 Å². The Morgan fingerprint density at radius 1 is 0.364 bits per heavy atom. The van der Waals surface area contributed by atoms with E-state index in [1.54, 1.807) is 33.5 Å². The maximum absolute atomic E-state index is 13.1. The number of pyridine rings is 3. The van der Waals surface area contributed by atoms with Crippen molar-refractivity contribution in [3.05, 3.63) is 273 Å². The second-order valence-corrected chi connectivity index (χ2v) is 25.8. The van der Waals surface area contributed by atoms with E-state index in [4.69, 9.17) is 16.3 Å². The molecule has 9 heterocycles. The zero-order valence-corrected chi connectivity index (χ0v) is 55.4. The number of hydrogen-bond donors (Lipinski definition) is 0. The molecule has 3 saturated heterocycles. The molecule has 3 fully saturated rings.